The highest BCUT2D eigenvalue weighted by atomic mass is 28.1. The Kier molecular flexibility index (Phi) is 6.40. The summed E-state index contributed by atoms with van der Waals surface area (Å²) in [6.45, 7) is 4.08. The Labute approximate surface area is 205 Å². The minimum absolute atomic E-state index is 0.136. The van der Waals surface area contributed by atoms with E-state index in [0.717, 1.165) is 29.7 Å². The van der Waals surface area contributed by atoms with Crippen molar-refractivity contribution in [1.29, 1.82) is 0 Å². The number of aromatic nitrogens is 4. The van der Waals surface area contributed by atoms with Gasteiger partial charge in [-0.3, -0.25) is 14.8 Å². The third-order valence-corrected chi connectivity index (χ3v) is 6.88. The molecule has 5 rings (SSSR count). The Morgan fingerprint density at radius 3 is 2.97 bits per heavy atom. The van der Waals surface area contributed by atoms with Crippen LogP contribution in [-0.2, 0) is 6.54 Å². The molecule has 1 amide bonds. The van der Waals surface area contributed by atoms with E-state index >= 15 is 0 Å². The molecule has 4 aromatic rings. The Morgan fingerprint density at radius 2 is 2.23 bits per heavy atom. The Hall–Kier alpha value is -3.50. The van der Waals surface area contributed by atoms with Crippen molar-refractivity contribution in [3.63, 3.8) is 0 Å². The van der Waals surface area contributed by atoms with E-state index in [4.69, 9.17) is 4.74 Å². The van der Waals surface area contributed by atoms with Gasteiger partial charge in [-0.1, -0.05) is 6.92 Å². The number of nitrogens with one attached hydrogen (secondary N) is 3. The zero-order chi connectivity index (χ0) is 24.5. The van der Waals surface area contributed by atoms with Crippen LogP contribution in [0.2, 0.25) is 5.54 Å². The highest BCUT2D eigenvalue weighted by Crippen LogP contribution is 2.32. The monoisotopic (exact) mass is 489 g/mol. The smallest absolute Gasteiger partial charge is 0.259 e. The predicted molar refractivity (Wildman–Crippen MR) is 133 cm³/mol. The molecule has 35 heavy (non-hydrogen) atoms. The summed E-state index contributed by atoms with van der Waals surface area (Å²) in [5.41, 5.74) is 3.32. The number of pyridine rings is 1. The van der Waals surface area contributed by atoms with Crippen LogP contribution in [0.5, 0.6) is 5.75 Å². The first kappa shape index (κ1) is 23.2. The number of aromatic amines is 2. The number of carbonyl (C=O) groups is 1. The molecule has 1 aliphatic heterocycles. The van der Waals surface area contributed by atoms with Gasteiger partial charge in [-0.2, -0.15) is 5.10 Å². The lowest BCUT2D eigenvalue weighted by Gasteiger charge is -2.26. The second-order valence-electron chi connectivity index (χ2n) is 8.88. The molecule has 3 aromatic heterocycles. The van der Waals surface area contributed by atoms with Gasteiger partial charge in [0.15, 0.2) is 0 Å². The summed E-state index contributed by atoms with van der Waals surface area (Å²) in [6.07, 6.45) is 5.65. The molecule has 0 spiro atoms. The molecule has 0 saturated carbocycles. The molecule has 179 valence electrons. The number of amides is 1. The molecule has 8 nitrogen and oxygen atoms in total. The molecule has 1 saturated heterocycles. The van der Waals surface area contributed by atoms with Crippen LogP contribution in [0.3, 0.4) is 0 Å². The first-order valence-corrected chi connectivity index (χ1v) is 12.1. The van der Waals surface area contributed by atoms with Gasteiger partial charge in [0.05, 0.1) is 23.9 Å². The molecule has 2 atom stereocenters. The maximum Gasteiger partial charge on any atom is 0.259 e. The summed E-state index contributed by atoms with van der Waals surface area (Å²) in [6, 6.07) is 8.69. The highest BCUT2D eigenvalue weighted by molar-refractivity contribution is 6.11. The third-order valence-electron chi connectivity index (χ3n) is 6.49. The van der Waals surface area contributed by atoms with Crippen molar-refractivity contribution in [1.82, 2.24) is 25.1 Å². The van der Waals surface area contributed by atoms with Gasteiger partial charge in [0.1, 0.15) is 17.4 Å². The number of carbonyl (C=O) groups excluding carboxylic acids is 1. The van der Waals surface area contributed by atoms with Gasteiger partial charge in [-0.25, -0.2) is 9.37 Å². The average Bonchev–Trinajstić information content (AvgIpc) is 3.59. The number of hydrogen-bond acceptors (Lipinski definition) is 5. The molecule has 1 fully saturated rings. The number of methoxy groups -OCH3 is 1. The number of hydrogen-bond donors (Lipinski definition) is 3. The Bertz CT molecular complexity index is 1350. The molecule has 3 N–H and O–H groups in total. The van der Waals surface area contributed by atoms with Crippen molar-refractivity contribution >= 4 is 32.9 Å². The number of benzene rings is 1. The van der Waals surface area contributed by atoms with Gasteiger partial charge < -0.3 is 15.0 Å². The number of ether oxygens (including phenoxy) is 1. The lowest BCUT2D eigenvalue weighted by Crippen LogP contribution is -2.31. The maximum atomic E-state index is 14.9. The van der Waals surface area contributed by atoms with Gasteiger partial charge in [-0.05, 0) is 49.2 Å². The molecule has 1 aromatic carbocycles. The third kappa shape index (κ3) is 4.71. The van der Waals surface area contributed by atoms with Gasteiger partial charge in [0.2, 0.25) is 0 Å². The zero-order valence-corrected chi connectivity index (χ0v) is 20.6. The molecular formula is C25H26FN6O2Si. The van der Waals surface area contributed by atoms with Crippen molar-refractivity contribution in [3.05, 3.63) is 59.8 Å². The first-order chi connectivity index (χ1) is 16.9. The van der Waals surface area contributed by atoms with Crippen LogP contribution >= 0.6 is 0 Å². The van der Waals surface area contributed by atoms with E-state index < -0.39 is 11.7 Å². The molecule has 0 aliphatic carbocycles. The lowest BCUT2D eigenvalue weighted by molar-refractivity contribution is 0.102. The quantitative estimate of drug-likeness (QED) is 0.336. The van der Waals surface area contributed by atoms with E-state index in [1.54, 1.807) is 24.5 Å². The van der Waals surface area contributed by atoms with E-state index in [1.807, 2.05) is 0 Å². The summed E-state index contributed by atoms with van der Waals surface area (Å²) < 4.78 is 20.2. The van der Waals surface area contributed by atoms with Crippen LogP contribution in [0.4, 0.5) is 10.2 Å². The molecular weight excluding hydrogens is 463 g/mol. The number of nitrogens with zero attached hydrogens (tertiary/aromatic N) is 3. The van der Waals surface area contributed by atoms with Crippen LogP contribution in [0.1, 0.15) is 35.8 Å². The van der Waals surface area contributed by atoms with E-state index in [1.165, 1.54) is 32.1 Å². The van der Waals surface area contributed by atoms with Crippen molar-refractivity contribution in [2.45, 2.75) is 37.9 Å². The Morgan fingerprint density at radius 1 is 1.37 bits per heavy atom. The minimum Gasteiger partial charge on any atom is -0.496 e. The standard InChI is InChI=1S/C25H26FN6O2Si/c1-14(35)22-4-3-7-32(22)13-16-8-15-12-27-24(11-21(15)29-16)30-25(33)17-10-23(34-2)18(9-19(17)26)20-5-6-28-31-20/h5-6,8-12,14,22,29H,3-4,7,13H2,1-2H3,(H,28,31)(H,27,30,33)/t14-,22-/m1/s1. The summed E-state index contributed by atoms with van der Waals surface area (Å²) in [7, 11) is 5.25. The second kappa shape index (κ2) is 9.63. The summed E-state index contributed by atoms with van der Waals surface area (Å²) >= 11 is 0. The normalized spacial score (nSPS) is 17.1. The van der Waals surface area contributed by atoms with Crippen LogP contribution in [-0.4, -0.2) is 60.9 Å². The molecule has 4 heterocycles. The fraction of sp³-hybridized carbons (Fsp3) is 0.320. The summed E-state index contributed by atoms with van der Waals surface area (Å²) in [5.74, 6) is -0.588. The number of fused-ring (bicyclic) bond motifs is 1. The summed E-state index contributed by atoms with van der Waals surface area (Å²) in [5, 5.41) is 10.3. The SMILES string of the molecule is COc1cc(C(=O)Nc2cc3[nH]c(CN4CCC[C@@H]4[C@@H](C)[Si])cc3cn2)c(F)cc1-c1ccn[nH]1. The van der Waals surface area contributed by atoms with Crippen LogP contribution < -0.4 is 10.1 Å². The molecule has 1 aliphatic rings. The molecule has 0 bridgehead atoms. The van der Waals surface area contributed by atoms with Crippen molar-refractivity contribution < 1.29 is 13.9 Å². The number of anilines is 1. The predicted octanol–water partition coefficient (Wildman–Crippen LogP) is 4.29. The lowest BCUT2D eigenvalue weighted by atomic mass is 10.1. The van der Waals surface area contributed by atoms with E-state index in [0.29, 0.717) is 34.4 Å². The number of likely N-dealkylation sites (tertiary alicyclic amines) is 1. The van der Waals surface area contributed by atoms with Gasteiger partial charge in [0.25, 0.3) is 5.91 Å². The van der Waals surface area contributed by atoms with E-state index in [-0.39, 0.29) is 5.56 Å². The van der Waals surface area contributed by atoms with Gasteiger partial charge in [0, 0.05) is 57.9 Å². The number of rotatable bonds is 7. The van der Waals surface area contributed by atoms with Crippen molar-refractivity contribution in [2.75, 3.05) is 19.0 Å². The molecule has 0 unspecified atom stereocenters. The highest BCUT2D eigenvalue weighted by Gasteiger charge is 2.27. The van der Waals surface area contributed by atoms with E-state index in [9.17, 15) is 9.18 Å². The average molecular weight is 490 g/mol. The summed E-state index contributed by atoms with van der Waals surface area (Å²) in [4.78, 5) is 23.1. The topological polar surface area (TPSA) is 98.9 Å². The van der Waals surface area contributed by atoms with E-state index in [2.05, 4.69) is 53.6 Å². The van der Waals surface area contributed by atoms with Crippen LogP contribution in [0.15, 0.2) is 42.7 Å². The van der Waals surface area contributed by atoms with Gasteiger partial charge in [-0.15, -0.1) is 0 Å². The number of H-pyrrole nitrogens is 2. The fourth-order valence-corrected chi connectivity index (χ4v) is 5.15. The van der Waals surface area contributed by atoms with Crippen molar-refractivity contribution in [2.24, 2.45) is 0 Å². The number of halogens is 1. The maximum absolute atomic E-state index is 14.9. The molecule has 3 radical (unpaired) electrons. The fourth-order valence-electron chi connectivity index (χ4n) is 4.77. The van der Waals surface area contributed by atoms with Crippen LogP contribution in [0, 0.1) is 5.82 Å². The Balaban J connectivity index is 1.34. The zero-order valence-electron chi connectivity index (χ0n) is 19.6. The largest absolute Gasteiger partial charge is 0.496 e. The van der Waals surface area contributed by atoms with Crippen molar-refractivity contribution in [3.8, 4) is 17.0 Å². The minimum atomic E-state index is -0.669. The van der Waals surface area contributed by atoms with Gasteiger partial charge >= 0.3 is 0 Å². The first-order valence-electron chi connectivity index (χ1n) is 11.5. The second-order valence-corrected chi connectivity index (χ2v) is 9.79. The van der Waals surface area contributed by atoms with Crippen LogP contribution in [0.25, 0.3) is 22.2 Å². The molecule has 10 heteroatoms.